The maximum absolute atomic E-state index is 12.7. The molecular formula is C42H64O6. The highest BCUT2D eigenvalue weighted by atomic mass is 17.3. The predicted molar refractivity (Wildman–Crippen MR) is 195 cm³/mol. The van der Waals surface area contributed by atoms with Crippen LogP contribution in [0.15, 0.2) is 48.5 Å². The van der Waals surface area contributed by atoms with Crippen molar-refractivity contribution in [2.45, 2.75) is 168 Å². The first-order valence-corrected chi connectivity index (χ1v) is 19.2. The standard InChI is InChI=1S/C42H64O6/c1-4-7-10-13-14-15-16-17-18-19-20-21-24-27-40(45-47-41(43)38-32-28-36(29-33-38)25-22-11-8-5-2)46-48-42(44)39-34-30-37(31-35-39)26-23-12-9-6-3/h28-35H,1,4-27H2,2-3H3. The first-order valence-electron chi connectivity index (χ1n) is 19.2. The highest BCUT2D eigenvalue weighted by Gasteiger charge is 2.21. The second kappa shape index (κ2) is 28.2. The maximum Gasteiger partial charge on any atom is 0.373 e. The van der Waals surface area contributed by atoms with Crippen molar-refractivity contribution in [2.75, 3.05) is 0 Å². The summed E-state index contributed by atoms with van der Waals surface area (Å²) >= 11 is 0. The zero-order valence-electron chi connectivity index (χ0n) is 30.2. The number of rotatable bonds is 30. The quantitative estimate of drug-likeness (QED) is 0.0470. The molecule has 2 radical (unpaired) electrons. The molecule has 2 aromatic carbocycles. The minimum atomic E-state index is -0.628. The van der Waals surface area contributed by atoms with Crippen molar-refractivity contribution in [1.82, 2.24) is 0 Å². The normalized spacial score (nSPS) is 11.2. The van der Waals surface area contributed by atoms with Gasteiger partial charge in [-0.15, -0.1) is 9.78 Å². The molecule has 0 saturated heterocycles. The van der Waals surface area contributed by atoms with Crippen molar-refractivity contribution in [2.24, 2.45) is 0 Å². The number of hydrogen-bond acceptors (Lipinski definition) is 6. The zero-order chi connectivity index (χ0) is 34.5. The molecule has 6 nitrogen and oxygen atoms in total. The van der Waals surface area contributed by atoms with E-state index >= 15 is 0 Å². The summed E-state index contributed by atoms with van der Waals surface area (Å²) in [6, 6.07) is 14.8. The van der Waals surface area contributed by atoms with Crippen molar-refractivity contribution >= 4 is 11.9 Å². The van der Waals surface area contributed by atoms with Crippen molar-refractivity contribution in [3.63, 3.8) is 0 Å². The summed E-state index contributed by atoms with van der Waals surface area (Å²) in [6.07, 6.45) is 27.3. The molecule has 2 aromatic rings. The van der Waals surface area contributed by atoms with Crippen LogP contribution in [0.1, 0.15) is 187 Å². The highest BCUT2D eigenvalue weighted by molar-refractivity contribution is 5.89. The fourth-order valence-electron chi connectivity index (χ4n) is 5.70. The van der Waals surface area contributed by atoms with Gasteiger partial charge in [-0.1, -0.05) is 161 Å². The molecule has 0 heterocycles. The third kappa shape index (κ3) is 20.0. The number of benzene rings is 2. The SMILES string of the molecule is [CH2]CCCCCCCCCCCCCC[C](OOC(=O)c1ccc(CCCCCC)cc1)OOC(=O)c1ccc(CCCCCC)cc1. The molecule has 268 valence electrons. The first kappa shape index (κ1) is 41.5. The molecule has 0 unspecified atom stereocenters. The topological polar surface area (TPSA) is 71.1 Å². The van der Waals surface area contributed by atoms with E-state index < -0.39 is 11.9 Å². The lowest BCUT2D eigenvalue weighted by Crippen LogP contribution is -2.16. The molecule has 0 saturated carbocycles. The Morgan fingerprint density at radius 1 is 0.458 bits per heavy atom. The summed E-state index contributed by atoms with van der Waals surface area (Å²) < 4.78 is 0. The van der Waals surface area contributed by atoms with Crippen LogP contribution in [-0.2, 0) is 32.4 Å². The lowest BCUT2D eigenvalue weighted by atomic mass is 10.0. The molecule has 0 N–H and O–H groups in total. The van der Waals surface area contributed by atoms with E-state index in [9.17, 15) is 9.59 Å². The molecule has 0 aliphatic carbocycles. The Morgan fingerprint density at radius 2 is 0.812 bits per heavy atom. The van der Waals surface area contributed by atoms with Crippen LogP contribution in [0, 0.1) is 13.2 Å². The molecule has 0 aromatic heterocycles. The van der Waals surface area contributed by atoms with Crippen molar-refractivity contribution < 1.29 is 29.1 Å². The maximum atomic E-state index is 12.7. The van der Waals surface area contributed by atoms with Gasteiger partial charge in [-0.3, -0.25) is 9.78 Å². The van der Waals surface area contributed by atoms with Gasteiger partial charge in [0, 0.05) is 6.42 Å². The average Bonchev–Trinajstić information content (AvgIpc) is 3.11. The van der Waals surface area contributed by atoms with Gasteiger partial charge in [-0.05, 0) is 67.5 Å². The van der Waals surface area contributed by atoms with E-state index in [0.717, 1.165) is 51.4 Å². The van der Waals surface area contributed by atoms with Gasteiger partial charge in [0.25, 0.3) is 0 Å². The molecule has 2 rings (SSSR count). The molecule has 0 amide bonds. The number of unbranched alkanes of at least 4 members (excludes halogenated alkanes) is 18. The Bertz CT molecular complexity index is 993. The van der Waals surface area contributed by atoms with Gasteiger partial charge in [0.1, 0.15) is 0 Å². The number of aryl methyl sites for hydroxylation is 2. The van der Waals surface area contributed by atoms with Gasteiger partial charge in [-0.2, -0.15) is 0 Å². The summed E-state index contributed by atoms with van der Waals surface area (Å²) in [7, 11) is 0. The van der Waals surface area contributed by atoms with Gasteiger partial charge in [0.2, 0.25) is 0 Å². The Morgan fingerprint density at radius 3 is 1.19 bits per heavy atom. The van der Waals surface area contributed by atoms with Crippen LogP contribution in [0.25, 0.3) is 0 Å². The molecule has 6 heteroatoms. The molecule has 0 spiro atoms. The highest BCUT2D eigenvalue weighted by Crippen LogP contribution is 2.21. The van der Waals surface area contributed by atoms with Crippen molar-refractivity contribution in [3.05, 3.63) is 84.0 Å². The lowest BCUT2D eigenvalue weighted by molar-refractivity contribution is -0.363. The number of hydrogen-bond donors (Lipinski definition) is 0. The van der Waals surface area contributed by atoms with E-state index in [4.69, 9.17) is 19.6 Å². The minimum absolute atomic E-state index is 0.0457. The van der Waals surface area contributed by atoms with E-state index in [0.29, 0.717) is 17.5 Å². The van der Waals surface area contributed by atoms with Crippen LogP contribution in [0.3, 0.4) is 0 Å². The largest absolute Gasteiger partial charge is 0.373 e. The van der Waals surface area contributed by atoms with Crippen LogP contribution in [0.4, 0.5) is 0 Å². The molecule has 0 bridgehead atoms. The zero-order valence-corrected chi connectivity index (χ0v) is 30.2. The third-order valence-electron chi connectivity index (χ3n) is 8.82. The lowest BCUT2D eigenvalue weighted by Gasteiger charge is -2.14. The monoisotopic (exact) mass is 664 g/mol. The summed E-state index contributed by atoms with van der Waals surface area (Å²) in [4.78, 5) is 46.3. The van der Waals surface area contributed by atoms with Gasteiger partial charge < -0.3 is 0 Å². The van der Waals surface area contributed by atoms with E-state index in [1.807, 2.05) is 24.3 Å². The predicted octanol–water partition coefficient (Wildman–Crippen LogP) is 12.6. The molecule has 48 heavy (non-hydrogen) atoms. The fourth-order valence-corrected chi connectivity index (χ4v) is 5.70. The average molecular weight is 665 g/mol. The van der Waals surface area contributed by atoms with E-state index in [2.05, 4.69) is 20.8 Å². The third-order valence-corrected chi connectivity index (χ3v) is 8.82. The Balaban J connectivity index is 1.79. The smallest absolute Gasteiger partial charge is 0.289 e. The second-order valence-corrected chi connectivity index (χ2v) is 13.1. The van der Waals surface area contributed by atoms with Crippen LogP contribution >= 0.6 is 0 Å². The van der Waals surface area contributed by atoms with E-state index in [-0.39, 0.29) is 6.29 Å². The van der Waals surface area contributed by atoms with E-state index in [1.165, 1.54) is 107 Å². The molecule has 0 atom stereocenters. The van der Waals surface area contributed by atoms with Crippen LogP contribution in [0.2, 0.25) is 0 Å². The van der Waals surface area contributed by atoms with Gasteiger partial charge in [0.15, 0.2) is 0 Å². The molecule has 0 aliphatic rings. The van der Waals surface area contributed by atoms with Crippen molar-refractivity contribution in [1.29, 1.82) is 0 Å². The summed E-state index contributed by atoms with van der Waals surface area (Å²) in [5.41, 5.74) is 3.15. The minimum Gasteiger partial charge on any atom is -0.289 e. The van der Waals surface area contributed by atoms with Crippen LogP contribution < -0.4 is 0 Å². The fraction of sp³-hybridized carbons (Fsp3) is 0.619. The molecular weight excluding hydrogens is 600 g/mol. The Kier molecular flexibility index (Phi) is 24.3. The van der Waals surface area contributed by atoms with Gasteiger partial charge in [-0.25, -0.2) is 9.59 Å². The van der Waals surface area contributed by atoms with Gasteiger partial charge >= 0.3 is 18.2 Å². The van der Waals surface area contributed by atoms with Crippen LogP contribution in [-0.4, -0.2) is 11.9 Å². The van der Waals surface area contributed by atoms with Gasteiger partial charge in [0.05, 0.1) is 11.1 Å². The number of carbonyl (C=O) groups is 2. The molecule has 0 fully saturated rings. The Labute approximate surface area is 292 Å². The number of carbonyl (C=O) groups excluding carboxylic acids is 2. The van der Waals surface area contributed by atoms with E-state index in [1.54, 1.807) is 24.3 Å². The Hall–Kier alpha value is -2.70. The molecule has 0 aliphatic heterocycles. The van der Waals surface area contributed by atoms with Crippen LogP contribution in [0.5, 0.6) is 0 Å². The van der Waals surface area contributed by atoms with Crippen molar-refractivity contribution in [3.8, 4) is 0 Å². The summed E-state index contributed by atoms with van der Waals surface area (Å²) in [5, 5.41) is 0. The first-order chi connectivity index (χ1) is 23.6. The summed E-state index contributed by atoms with van der Waals surface area (Å²) in [5.74, 6) is -1.26. The summed E-state index contributed by atoms with van der Waals surface area (Å²) in [6.45, 7) is 8.31. The second-order valence-electron chi connectivity index (χ2n) is 13.1.